The predicted molar refractivity (Wildman–Crippen MR) is 65.5 cm³/mol. The Balaban J connectivity index is 2.95. The molecule has 2 atom stereocenters. The summed E-state index contributed by atoms with van der Waals surface area (Å²) in [6.45, 7) is 8.04. The third-order valence-corrected chi connectivity index (χ3v) is 2.92. The summed E-state index contributed by atoms with van der Waals surface area (Å²) in [7, 11) is 2.02. The third-order valence-electron chi connectivity index (χ3n) is 2.92. The predicted octanol–water partition coefficient (Wildman–Crippen LogP) is 2.51. The number of rotatable bonds is 3. The van der Waals surface area contributed by atoms with Crippen LogP contribution in [0, 0.1) is 13.8 Å². The molecule has 1 aromatic carbocycles. The highest BCUT2D eigenvalue weighted by Gasteiger charge is 2.15. The highest BCUT2D eigenvalue weighted by atomic mass is 16.3. The number of aliphatic hydroxyl groups is 1. The standard InChI is InChI=1S/C13H21NO/c1-9-6-10(2)8-13(7-9)14(5)11(3)12(4)15/h6-8,11-12,15H,1-5H3. The Bertz CT molecular complexity index is 313. The van der Waals surface area contributed by atoms with Gasteiger partial charge in [-0.05, 0) is 51.0 Å². The Morgan fingerprint density at radius 3 is 1.93 bits per heavy atom. The highest BCUT2D eigenvalue weighted by molar-refractivity contribution is 5.51. The summed E-state index contributed by atoms with van der Waals surface area (Å²) in [5.74, 6) is 0. The summed E-state index contributed by atoms with van der Waals surface area (Å²) in [5, 5.41) is 9.55. The molecule has 84 valence electrons. The van der Waals surface area contributed by atoms with Crippen molar-refractivity contribution in [3.8, 4) is 0 Å². The molecule has 0 bridgehead atoms. The first-order chi connectivity index (χ1) is 6.91. The van der Waals surface area contributed by atoms with Gasteiger partial charge in [-0.25, -0.2) is 0 Å². The molecule has 2 unspecified atom stereocenters. The average Bonchev–Trinajstić information content (AvgIpc) is 2.13. The van der Waals surface area contributed by atoms with Gasteiger partial charge >= 0.3 is 0 Å². The molecule has 0 amide bonds. The van der Waals surface area contributed by atoms with Gasteiger partial charge in [0, 0.05) is 12.7 Å². The number of anilines is 1. The monoisotopic (exact) mass is 207 g/mol. The van der Waals surface area contributed by atoms with Crippen molar-refractivity contribution in [3.05, 3.63) is 29.3 Å². The molecule has 2 nitrogen and oxygen atoms in total. The Labute approximate surface area is 92.5 Å². The smallest absolute Gasteiger partial charge is 0.0712 e. The number of aryl methyl sites for hydroxylation is 2. The van der Waals surface area contributed by atoms with Crippen LogP contribution >= 0.6 is 0 Å². The maximum Gasteiger partial charge on any atom is 0.0712 e. The maximum atomic E-state index is 9.55. The minimum atomic E-state index is -0.323. The normalized spacial score (nSPS) is 14.8. The zero-order chi connectivity index (χ0) is 11.6. The number of aliphatic hydroxyl groups excluding tert-OH is 1. The molecular formula is C13H21NO. The van der Waals surface area contributed by atoms with E-state index in [1.807, 2.05) is 20.9 Å². The van der Waals surface area contributed by atoms with E-state index in [9.17, 15) is 5.11 Å². The SMILES string of the molecule is Cc1cc(C)cc(N(C)C(C)C(C)O)c1. The van der Waals surface area contributed by atoms with Crippen LogP contribution in [0.15, 0.2) is 18.2 Å². The summed E-state index contributed by atoms with van der Waals surface area (Å²) in [4.78, 5) is 2.12. The molecule has 0 heterocycles. The van der Waals surface area contributed by atoms with Crippen LogP contribution in [0.1, 0.15) is 25.0 Å². The molecule has 0 radical (unpaired) electrons. The quantitative estimate of drug-likeness (QED) is 0.823. The zero-order valence-corrected chi connectivity index (χ0v) is 10.3. The van der Waals surface area contributed by atoms with Crippen molar-refractivity contribution in [2.75, 3.05) is 11.9 Å². The lowest BCUT2D eigenvalue weighted by molar-refractivity contribution is 0.168. The summed E-state index contributed by atoms with van der Waals surface area (Å²) in [6, 6.07) is 6.58. The lowest BCUT2D eigenvalue weighted by Crippen LogP contribution is -2.37. The van der Waals surface area contributed by atoms with Crippen molar-refractivity contribution in [2.45, 2.75) is 39.8 Å². The highest BCUT2D eigenvalue weighted by Crippen LogP contribution is 2.20. The van der Waals surface area contributed by atoms with E-state index >= 15 is 0 Å². The van der Waals surface area contributed by atoms with Crippen LogP contribution in [-0.2, 0) is 0 Å². The van der Waals surface area contributed by atoms with E-state index in [0.717, 1.165) is 0 Å². The second-order valence-corrected chi connectivity index (χ2v) is 4.44. The molecule has 0 aromatic heterocycles. The average molecular weight is 207 g/mol. The van der Waals surface area contributed by atoms with Crippen molar-refractivity contribution in [1.82, 2.24) is 0 Å². The van der Waals surface area contributed by atoms with E-state index < -0.39 is 0 Å². The van der Waals surface area contributed by atoms with Gasteiger partial charge in [0.2, 0.25) is 0 Å². The lowest BCUT2D eigenvalue weighted by atomic mass is 10.1. The zero-order valence-electron chi connectivity index (χ0n) is 10.3. The van der Waals surface area contributed by atoms with Gasteiger partial charge in [-0.15, -0.1) is 0 Å². The number of hydrogen-bond acceptors (Lipinski definition) is 2. The first-order valence-electron chi connectivity index (χ1n) is 5.41. The topological polar surface area (TPSA) is 23.5 Å². The largest absolute Gasteiger partial charge is 0.391 e. The summed E-state index contributed by atoms with van der Waals surface area (Å²) in [6.07, 6.45) is -0.323. The van der Waals surface area contributed by atoms with E-state index in [2.05, 4.69) is 36.9 Å². The Kier molecular flexibility index (Phi) is 3.75. The van der Waals surface area contributed by atoms with Crippen molar-refractivity contribution in [1.29, 1.82) is 0 Å². The first-order valence-corrected chi connectivity index (χ1v) is 5.41. The number of hydrogen-bond donors (Lipinski definition) is 1. The van der Waals surface area contributed by atoms with Gasteiger partial charge in [0.05, 0.1) is 12.1 Å². The molecule has 1 N–H and O–H groups in total. The van der Waals surface area contributed by atoms with Gasteiger partial charge in [0.25, 0.3) is 0 Å². The molecule has 0 spiro atoms. The second kappa shape index (κ2) is 4.67. The van der Waals surface area contributed by atoms with E-state index in [-0.39, 0.29) is 12.1 Å². The molecule has 0 saturated heterocycles. The number of benzene rings is 1. The van der Waals surface area contributed by atoms with Crippen LogP contribution in [0.2, 0.25) is 0 Å². The van der Waals surface area contributed by atoms with Gasteiger partial charge in [0.1, 0.15) is 0 Å². The molecule has 0 aliphatic heterocycles. The molecular weight excluding hydrogens is 186 g/mol. The van der Waals surface area contributed by atoms with Gasteiger partial charge in [-0.3, -0.25) is 0 Å². The molecule has 0 saturated carbocycles. The third kappa shape index (κ3) is 2.96. The number of nitrogens with zero attached hydrogens (tertiary/aromatic N) is 1. The minimum absolute atomic E-state index is 0.131. The Hall–Kier alpha value is -1.02. The second-order valence-electron chi connectivity index (χ2n) is 4.44. The van der Waals surface area contributed by atoms with Gasteiger partial charge in [-0.2, -0.15) is 0 Å². The fraction of sp³-hybridized carbons (Fsp3) is 0.538. The summed E-state index contributed by atoms with van der Waals surface area (Å²) < 4.78 is 0. The molecule has 15 heavy (non-hydrogen) atoms. The Morgan fingerprint density at radius 1 is 1.07 bits per heavy atom. The molecule has 0 aliphatic rings. The van der Waals surface area contributed by atoms with E-state index in [0.29, 0.717) is 0 Å². The molecule has 1 rings (SSSR count). The summed E-state index contributed by atoms with van der Waals surface area (Å²) >= 11 is 0. The molecule has 0 fully saturated rings. The summed E-state index contributed by atoms with van der Waals surface area (Å²) in [5.41, 5.74) is 3.69. The van der Waals surface area contributed by atoms with Gasteiger partial charge < -0.3 is 10.0 Å². The van der Waals surface area contributed by atoms with Crippen molar-refractivity contribution >= 4 is 5.69 Å². The van der Waals surface area contributed by atoms with Gasteiger partial charge in [-0.1, -0.05) is 6.07 Å². The van der Waals surface area contributed by atoms with Crippen LogP contribution in [0.4, 0.5) is 5.69 Å². The van der Waals surface area contributed by atoms with Crippen LogP contribution in [-0.4, -0.2) is 24.3 Å². The molecule has 0 aliphatic carbocycles. The molecule has 2 heteroatoms. The minimum Gasteiger partial charge on any atom is -0.391 e. The van der Waals surface area contributed by atoms with E-state index in [1.165, 1.54) is 16.8 Å². The van der Waals surface area contributed by atoms with Crippen LogP contribution in [0.5, 0.6) is 0 Å². The van der Waals surface area contributed by atoms with E-state index in [1.54, 1.807) is 0 Å². The lowest BCUT2D eigenvalue weighted by Gasteiger charge is -2.29. The van der Waals surface area contributed by atoms with Gasteiger partial charge in [0.15, 0.2) is 0 Å². The molecule has 1 aromatic rings. The fourth-order valence-electron chi connectivity index (χ4n) is 1.71. The van der Waals surface area contributed by atoms with Crippen molar-refractivity contribution in [2.24, 2.45) is 0 Å². The first kappa shape index (κ1) is 12.1. The van der Waals surface area contributed by atoms with Crippen molar-refractivity contribution in [3.63, 3.8) is 0 Å². The van der Waals surface area contributed by atoms with Crippen LogP contribution in [0.25, 0.3) is 0 Å². The number of likely N-dealkylation sites (N-methyl/N-ethyl adjacent to an activating group) is 1. The van der Waals surface area contributed by atoms with Crippen LogP contribution < -0.4 is 4.90 Å². The van der Waals surface area contributed by atoms with Crippen LogP contribution in [0.3, 0.4) is 0 Å². The maximum absolute atomic E-state index is 9.55. The Morgan fingerprint density at radius 2 is 1.53 bits per heavy atom. The van der Waals surface area contributed by atoms with Crippen molar-refractivity contribution < 1.29 is 5.11 Å². The fourth-order valence-corrected chi connectivity index (χ4v) is 1.71. The van der Waals surface area contributed by atoms with E-state index in [4.69, 9.17) is 0 Å².